The highest BCUT2D eigenvalue weighted by Crippen LogP contribution is 2.40. The van der Waals surface area contributed by atoms with Crippen LogP contribution in [0.3, 0.4) is 0 Å². The van der Waals surface area contributed by atoms with Gasteiger partial charge in [-0.1, -0.05) is 23.2 Å². The molecule has 148 valence electrons. The summed E-state index contributed by atoms with van der Waals surface area (Å²) in [6, 6.07) is 9.16. The van der Waals surface area contributed by atoms with Gasteiger partial charge in [0.15, 0.2) is 11.5 Å². The first-order valence-electron chi connectivity index (χ1n) is 8.50. The van der Waals surface area contributed by atoms with Crippen molar-refractivity contribution in [3.8, 4) is 11.5 Å². The van der Waals surface area contributed by atoms with Gasteiger partial charge in [-0.15, -0.1) is 0 Å². The molecule has 4 rings (SSSR count). The van der Waals surface area contributed by atoms with E-state index in [1.54, 1.807) is 11.0 Å². The Kier molecular flexibility index (Phi) is 5.13. The molecule has 0 radical (unpaired) electrons. The molecule has 0 atom stereocenters. The lowest BCUT2D eigenvalue weighted by Crippen LogP contribution is -2.50. The predicted octanol–water partition coefficient (Wildman–Crippen LogP) is 2.87. The van der Waals surface area contributed by atoms with Crippen LogP contribution in [0, 0.1) is 0 Å². The molecule has 28 heavy (non-hydrogen) atoms. The van der Waals surface area contributed by atoms with Crippen molar-refractivity contribution in [3.63, 3.8) is 0 Å². The van der Waals surface area contributed by atoms with Crippen molar-refractivity contribution < 1.29 is 22.7 Å². The second kappa shape index (κ2) is 7.44. The first-order valence-corrected chi connectivity index (χ1v) is 10.7. The molecule has 0 aromatic heterocycles. The fraction of sp³-hybridized carbons (Fsp3) is 0.278. The molecule has 7 nitrogen and oxygen atoms in total. The Morgan fingerprint density at radius 3 is 2.32 bits per heavy atom. The number of halogens is 2. The zero-order chi connectivity index (χ0) is 19.9. The van der Waals surface area contributed by atoms with E-state index in [0.717, 1.165) is 0 Å². The zero-order valence-corrected chi connectivity index (χ0v) is 16.9. The van der Waals surface area contributed by atoms with Crippen molar-refractivity contribution in [2.45, 2.75) is 4.90 Å². The number of piperazine rings is 1. The van der Waals surface area contributed by atoms with E-state index in [1.807, 2.05) is 0 Å². The smallest absolute Gasteiger partial charge is 0.254 e. The molecule has 1 fully saturated rings. The van der Waals surface area contributed by atoms with Crippen LogP contribution >= 0.6 is 23.2 Å². The summed E-state index contributed by atoms with van der Waals surface area (Å²) in [6.07, 6.45) is 0. The van der Waals surface area contributed by atoms with Crippen LogP contribution in [0.25, 0.3) is 0 Å². The summed E-state index contributed by atoms with van der Waals surface area (Å²) in [5.74, 6) is 0.626. The average Bonchev–Trinajstić information content (AvgIpc) is 3.17. The molecule has 0 spiro atoms. The van der Waals surface area contributed by atoms with E-state index in [-0.39, 0.29) is 43.8 Å². The maximum atomic E-state index is 12.8. The lowest BCUT2D eigenvalue weighted by atomic mass is 10.1. The molecule has 0 aliphatic carbocycles. The molecule has 10 heteroatoms. The molecule has 2 heterocycles. The molecule has 0 bridgehead atoms. The number of ether oxygens (including phenoxy) is 2. The molecule has 1 amide bonds. The van der Waals surface area contributed by atoms with Gasteiger partial charge in [-0.3, -0.25) is 4.79 Å². The normalized spacial score (nSPS) is 17.0. The predicted molar refractivity (Wildman–Crippen MR) is 104 cm³/mol. The lowest BCUT2D eigenvalue weighted by Gasteiger charge is -2.34. The first-order chi connectivity index (χ1) is 13.4. The Labute approximate surface area is 172 Å². The molecular formula is C18H16Cl2N2O5S. The van der Waals surface area contributed by atoms with Crippen molar-refractivity contribution in [1.82, 2.24) is 9.21 Å². The minimum absolute atomic E-state index is 0.0634. The topological polar surface area (TPSA) is 76.2 Å². The van der Waals surface area contributed by atoms with Gasteiger partial charge in [0.1, 0.15) is 0 Å². The van der Waals surface area contributed by atoms with Gasteiger partial charge in [-0.25, -0.2) is 8.42 Å². The summed E-state index contributed by atoms with van der Waals surface area (Å²) < 4.78 is 37.4. The summed E-state index contributed by atoms with van der Waals surface area (Å²) in [6.45, 7) is 1.02. The van der Waals surface area contributed by atoms with Gasteiger partial charge >= 0.3 is 0 Å². The minimum atomic E-state index is -3.63. The monoisotopic (exact) mass is 442 g/mol. The first kappa shape index (κ1) is 19.3. The molecule has 2 aromatic carbocycles. The highest BCUT2D eigenvalue weighted by Gasteiger charge is 2.31. The summed E-state index contributed by atoms with van der Waals surface area (Å²) >= 11 is 12.0. The van der Waals surface area contributed by atoms with Crippen LogP contribution in [0.15, 0.2) is 41.3 Å². The standard InChI is InChI=1S/C18H16Cl2N2O5S/c19-13-1-3-14(4-2-13)28(24,25)22-7-5-21(6-8-22)18(23)12-9-15(20)17-16(10-12)26-11-27-17/h1-4,9-10H,5-8,11H2. The fourth-order valence-electron chi connectivity index (χ4n) is 3.16. The van der Waals surface area contributed by atoms with Crippen LogP contribution in [-0.2, 0) is 10.0 Å². The summed E-state index contributed by atoms with van der Waals surface area (Å²) in [4.78, 5) is 14.6. The van der Waals surface area contributed by atoms with Crippen LogP contribution in [0.5, 0.6) is 11.5 Å². The summed E-state index contributed by atoms with van der Waals surface area (Å²) in [5, 5.41) is 0.777. The third-order valence-corrected chi connectivity index (χ3v) is 7.10. The maximum Gasteiger partial charge on any atom is 0.254 e. The van der Waals surface area contributed by atoms with Gasteiger partial charge in [-0.05, 0) is 36.4 Å². The Morgan fingerprint density at radius 1 is 0.964 bits per heavy atom. The third kappa shape index (κ3) is 3.53. The summed E-state index contributed by atoms with van der Waals surface area (Å²) in [7, 11) is -3.63. The Bertz CT molecular complexity index is 1020. The van der Waals surface area contributed by atoms with Gasteiger partial charge in [-0.2, -0.15) is 4.31 Å². The highest BCUT2D eigenvalue weighted by molar-refractivity contribution is 7.89. The number of fused-ring (bicyclic) bond motifs is 1. The van der Waals surface area contributed by atoms with Crippen LogP contribution in [0.4, 0.5) is 0 Å². The Morgan fingerprint density at radius 2 is 1.64 bits per heavy atom. The molecule has 0 unspecified atom stereocenters. The van der Waals surface area contributed by atoms with Gasteiger partial charge in [0, 0.05) is 36.8 Å². The average molecular weight is 443 g/mol. The number of hydrogen-bond donors (Lipinski definition) is 0. The van der Waals surface area contributed by atoms with E-state index in [4.69, 9.17) is 32.7 Å². The van der Waals surface area contributed by atoms with Gasteiger partial charge in [0.05, 0.1) is 9.92 Å². The number of carbonyl (C=O) groups excluding carboxylic acids is 1. The SMILES string of the molecule is O=C(c1cc(Cl)c2c(c1)OCO2)N1CCN(S(=O)(=O)c2ccc(Cl)cc2)CC1. The molecular weight excluding hydrogens is 427 g/mol. The molecule has 1 saturated heterocycles. The quantitative estimate of drug-likeness (QED) is 0.730. The number of amides is 1. The van der Waals surface area contributed by atoms with Gasteiger partial charge in [0.2, 0.25) is 16.8 Å². The van der Waals surface area contributed by atoms with E-state index < -0.39 is 10.0 Å². The van der Waals surface area contributed by atoms with Crippen LogP contribution in [-0.4, -0.2) is 56.5 Å². The van der Waals surface area contributed by atoms with E-state index in [9.17, 15) is 13.2 Å². The number of sulfonamides is 1. The Hall–Kier alpha value is -2.00. The summed E-state index contributed by atoms with van der Waals surface area (Å²) in [5.41, 5.74) is 0.378. The molecule has 0 N–H and O–H groups in total. The van der Waals surface area contributed by atoms with Gasteiger partial charge in [0.25, 0.3) is 5.91 Å². The number of benzene rings is 2. The molecule has 2 aliphatic rings. The van der Waals surface area contributed by atoms with Crippen molar-refractivity contribution in [2.75, 3.05) is 33.0 Å². The lowest BCUT2D eigenvalue weighted by molar-refractivity contribution is 0.0697. The van der Waals surface area contributed by atoms with Crippen molar-refractivity contribution in [3.05, 3.63) is 52.0 Å². The Balaban J connectivity index is 1.46. The van der Waals surface area contributed by atoms with E-state index in [2.05, 4.69) is 0 Å². The van der Waals surface area contributed by atoms with E-state index >= 15 is 0 Å². The van der Waals surface area contributed by atoms with Gasteiger partial charge < -0.3 is 14.4 Å². The maximum absolute atomic E-state index is 12.8. The second-order valence-electron chi connectivity index (χ2n) is 6.34. The minimum Gasteiger partial charge on any atom is -0.454 e. The molecule has 2 aliphatic heterocycles. The zero-order valence-electron chi connectivity index (χ0n) is 14.6. The number of hydrogen-bond acceptors (Lipinski definition) is 5. The molecule has 2 aromatic rings. The second-order valence-corrected chi connectivity index (χ2v) is 9.12. The number of nitrogens with zero attached hydrogens (tertiary/aromatic N) is 2. The number of rotatable bonds is 3. The van der Waals surface area contributed by atoms with Crippen molar-refractivity contribution >= 4 is 39.1 Å². The van der Waals surface area contributed by atoms with Crippen LogP contribution in [0.2, 0.25) is 10.0 Å². The molecule has 0 saturated carbocycles. The number of carbonyl (C=O) groups is 1. The van der Waals surface area contributed by atoms with Crippen molar-refractivity contribution in [2.24, 2.45) is 0 Å². The largest absolute Gasteiger partial charge is 0.454 e. The van der Waals surface area contributed by atoms with E-state index in [0.29, 0.717) is 27.1 Å². The fourth-order valence-corrected chi connectivity index (χ4v) is 4.97. The van der Waals surface area contributed by atoms with Crippen molar-refractivity contribution in [1.29, 1.82) is 0 Å². The third-order valence-electron chi connectivity index (χ3n) is 4.65. The highest BCUT2D eigenvalue weighted by atomic mass is 35.5. The van der Waals surface area contributed by atoms with E-state index in [1.165, 1.54) is 34.6 Å². The van der Waals surface area contributed by atoms with Crippen LogP contribution < -0.4 is 9.47 Å². The van der Waals surface area contributed by atoms with Crippen LogP contribution in [0.1, 0.15) is 10.4 Å².